The molecule has 0 amide bonds. The number of aromatic nitrogens is 6. The van der Waals surface area contributed by atoms with Gasteiger partial charge in [-0.3, -0.25) is 9.13 Å². The quantitative estimate of drug-likeness (QED) is 0.354. The number of nitrogens with zero attached hydrogens (tertiary/aromatic N) is 5. The van der Waals surface area contributed by atoms with Crippen LogP contribution in [0, 0.1) is 0 Å². The van der Waals surface area contributed by atoms with Crippen molar-refractivity contribution in [2.45, 2.75) is 59.0 Å². The Morgan fingerprint density at radius 3 is 2.42 bits per heavy atom. The van der Waals surface area contributed by atoms with E-state index in [4.69, 9.17) is 11.6 Å². The number of benzene rings is 2. The highest BCUT2D eigenvalue weighted by atomic mass is 35.5. The first-order valence-electron chi connectivity index (χ1n) is 11.5. The van der Waals surface area contributed by atoms with Gasteiger partial charge in [0, 0.05) is 11.6 Å². The van der Waals surface area contributed by atoms with Gasteiger partial charge in [0.1, 0.15) is 5.15 Å². The lowest BCUT2D eigenvalue weighted by Crippen LogP contribution is -2.27. The number of nitrogens with one attached hydrogen (secondary N) is 1. The van der Waals surface area contributed by atoms with E-state index >= 15 is 0 Å². The summed E-state index contributed by atoms with van der Waals surface area (Å²) in [7, 11) is 0. The highest BCUT2D eigenvalue weighted by Gasteiger charge is 2.21. The maximum Gasteiger partial charge on any atom is 0.330 e. The molecular formula is C25H29ClN6O. The number of rotatable bonds is 9. The molecule has 0 aliphatic heterocycles. The van der Waals surface area contributed by atoms with Crippen LogP contribution in [0.25, 0.3) is 22.5 Å². The van der Waals surface area contributed by atoms with E-state index in [-0.39, 0.29) is 11.7 Å². The maximum absolute atomic E-state index is 13.3. The van der Waals surface area contributed by atoms with E-state index in [0.29, 0.717) is 17.5 Å². The van der Waals surface area contributed by atoms with Gasteiger partial charge in [0.2, 0.25) is 5.82 Å². The Labute approximate surface area is 198 Å². The van der Waals surface area contributed by atoms with Gasteiger partial charge in [-0.05, 0) is 48.1 Å². The average molecular weight is 465 g/mol. The van der Waals surface area contributed by atoms with Gasteiger partial charge in [-0.25, -0.2) is 4.79 Å². The topological polar surface area (TPSA) is 81.4 Å². The van der Waals surface area contributed by atoms with Crippen molar-refractivity contribution in [2.75, 3.05) is 0 Å². The molecule has 0 aliphatic carbocycles. The lowest BCUT2D eigenvalue weighted by molar-refractivity contribution is 0.505. The molecule has 0 saturated heterocycles. The van der Waals surface area contributed by atoms with Crippen molar-refractivity contribution in [3.05, 3.63) is 75.4 Å². The average Bonchev–Trinajstić information content (AvgIpc) is 3.45. The molecule has 8 heteroatoms. The molecule has 2 aromatic heterocycles. The number of halogens is 1. The van der Waals surface area contributed by atoms with E-state index in [1.54, 1.807) is 4.57 Å². The van der Waals surface area contributed by atoms with E-state index in [9.17, 15) is 4.79 Å². The lowest BCUT2D eigenvalue weighted by Gasteiger charge is -2.10. The van der Waals surface area contributed by atoms with Crippen LogP contribution in [-0.2, 0) is 13.0 Å². The molecule has 1 N–H and O–H groups in total. The molecule has 1 unspecified atom stereocenters. The second-order valence-electron chi connectivity index (χ2n) is 8.31. The maximum atomic E-state index is 13.3. The summed E-state index contributed by atoms with van der Waals surface area (Å²) in [5, 5.41) is 15.0. The van der Waals surface area contributed by atoms with Gasteiger partial charge in [0.05, 0.1) is 12.2 Å². The third kappa shape index (κ3) is 4.64. The molecule has 2 aromatic carbocycles. The minimum absolute atomic E-state index is 0.0352. The van der Waals surface area contributed by atoms with Crippen LogP contribution < -0.4 is 5.69 Å². The van der Waals surface area contributed by atoms with Gasteiger partial charge in [-0.2, -0.15) is 5.21 Å². The van der Waals surface area contributed by atoms with Crippen molar-refractivity contribution in [2.24, 2.45) is 0 Å². The summed E-state index contributed by atoms with van der Waals surface area (Å²) in [5.41, 5.74) is 4.93. The van der Waals surface area contributed by atoms with Crippen LogP contribution in [0.4, 0.5) is 0 Å². The molecule has 0 saturated carbocycles. The number of aromatic amines is 1. The molecule has 4 aromatic rings. The highest BCUT2D eigenvalue weighted by Crippen LogP contribution is 2.30. The number of H-pyrrole nitrogens is 1. The van der Waals surface area contributed by atoms with Gasteiger partial charge in [-0.1, -0.05) is 80.4 Å². The van der Waals surface area contributed by atoms with E-state index < -0.39 is 0 Å². The summed E-state index contributed by atoms with van der Waals surface area (Å²) in [6, 6.07) is 16.3. The molecular weight excluding hydrogens is 436 g/mol. The van der Waals surface area contributed by atoms with Crippen molar-refractivity contribution in [3.8, 4) is 22.5 Å². The van der Waals surface area contributed by atoms with E-state index in [1.807, 2.05) is 35.8 Å². The first-order valence-corrected chi connectivity index (χ1v) is 11.8. The van der Waals surface area contributed by atoms with E-state index in [1.165, 1.54) is 0 Å². The molecule has 0 aliphatic rings. The first-order chi connectivity index (χ1) is 16.0. The zero-order chi connectivity index (χ0) is 23.4. The Balaban J connectivity index is 1.67. The zero-order valence-electron chi connectivity index (χ0n) is 19.3. The molecule has 0 spiro atoms. The Kier molecular flexibility index (Phi) is 7.08. The third-order valence-corrected chi connectivity index (χ3v) is 6.53. The predicted octanol–water partition coefficient (Wildman–Crippen LogP) is 5.51. The van der Waals surface area contributed by atoms with E-state index in [2.05, 4.69) is 58.7 Å². The summed E-state index contributed by atoms with van der Waals surface area (Å²) >= 11 is 6.70. The normalized spacial score (nSPS) is 12.2. The minimum atomic E-state index is -0.0352. The molecule has 0 fully saturated rings. The van der Waals surface area contributed by atoms with Gasteiger partial charge in [-0.15, -0.1) is 10.2 Å². The Morgan fingerprint density at radius 2 is 1.79 bits per heavy atom. The van der Waals surface area contributed by atoms with Crippen LogP contribution in [0.3, 0.4) is 0 Å². The van der Waals surface area contributed by atoms with E-state index in [0.717, 1.165) is 53.6 Å². The molecule has 2 heterocycles. The van der Waals surface area contributed by atoms with Gasteiger partial charge in [0.25, 0.3) is 0 Å². The zero-order valence-corrected chi connectivity index (χ0v) is 20.0. The van der Waals surface area contributed by atoms with Crippen molar-refractivity contribution in [1.82, 2.24) is 29.8 Å². The van der Waals surface area contributed by atoms with Crippen LogP contribution in [0.15, 0.2) is 53.3 Å². The van der Waals surface area contributed by atoms with Crippen LogP contribution in [-0.4, -0.2) is 29.8 Å². The fourth-order valence-corrected chi connectivity index (χ4v) is 4.50. The lowest BCUT2D eigenvalue weighted by atomic mass is 9.98. The molecule has 4 rings (SSSR count). The van der Waals surface area contributed by atoms with Crippen LogP contribution in [0.5, 0.6) is 0 Å². The molecule has 7 nitrogen and oxygen atoms in total. The number of unbranched alkanes of at least 4 members (excludes halogenated alkanes) is 1. The SMILES string of the molecule is CCCCc1c(Cl)n(C(C)CC)c(=O)n1Cc1ccc(-c2ccccc2-c2nn[nH]n2)cc1. The molecule has 172 valence electrons. The summed E-state index contributed by atoms with van der Waals surface area (Å²) in [6.45, 7) is 6.75. The smallest absolute Gasteiger partial charge is 0.290 e. The predicted molar refractivity (Wildman–Crippen MR) is 131 cm³/mol. The molecule has 0 radical (unpaired) electrons. The summed E-state index contributed by atoms with van der Waals surface area (Å²) in [4.78, 5) is 13.3. The largest absolute Gasteiger partial charge is 0.330 e. The third-order valence-electron chi connectivity index (χ3n) is 6.13. The number of imidazole rings is 1. The van der Waals surface area contributed by atoms with Crippen molar-refractivity contribution in [1.29, 1.82) is 0 Å². The second kappa shape index (κ2) is 10.2. The molecule has 0 bridgehead atoms. The van der Waals surface area contributed by atoms with Gasteiger partial charge < -0.3 is 0 Å². The second-order valence-corrected chi connectivity index (χ2v) is 8.67. The minimum Gasteiger partial charge on any atom is -0.290 e. The van der Waals surface area contributed by atoms with Crippen molar-refractivity contribution in [3.63, 3.8) is 0 Å². The molecule has 1 atom stereocenters. The number of hydrogen-bond donors (Lipinski definition) is 1. The number of tetrazole rings is 1. The van der Waals surface area contributed by atoms with Crippen LogP contribution in [0.2, 0.25) is 5.15 Å². The molecule has 33 heavy (non-hydrogen) atoms. The Hall–Kier alpha value is -3.19. The van der Waals surface area contributed by atoms with Gasteiger partial charge in [0.15, 0.2) is 0 Å². The van der Waals surface area contributed by atoms with Crippen molar-refractivity contribution < 1.29 is 0 Å². The van der Waals surface area contributed by atoms with Crippen LogP contribution >= 0.6 is 11.6 Å². The summed E-state index contributed by atoms with van der Waals surface area (Å²) < 4.78 is 3.58. The Bertz CT molecular complexity index is 1260. The van der Waals surface area contributed by atoms with Crippen molar-refractivity contribution >= 4 is 11.6 Å². The fraction of sp³-hybridized carbons (Fsp3) is 0.360. The fourth-order valence-electron chi connectivity index (χ4n) is 4.07. The number of hydrogen-bond acceptors (Lipinski definition) is 4. The van der Waals surface area contributed by atoms with Gasteiger partial charge >= 0.3 is 5.69 Å². The summed E-state index contributed by atoms with van der Waals surface area (Å²) in [5.74, 6) is 0.558. The first kappa shape index (κ1) is 23.0. The standard InChI is InChI=1S/C25H29ClN6O/c1-4-6-11-22-23(26)32(17(3)5-2)25(33)31(22)16-18-12-14-19(15-13-18)20-9-7-8-10-21(20)24-27-29-30-28-24/h7-10,12-15,17H,4-6,11,16H2,1-3H3,(H,27,28,29,30). The van der Waals surface area contributed by atoms with Crippen LogP contribution in [0.1, 0.15) is 57.3 Å². The Morgan fingerprint density at radius 1 is 1.06 bits per heavy atom. The highest BCUT2D eigenvalue weighted by molar-refractivity contribution is 6.30. The summed E-state index contributed by atoms with van der Waals surface area (Å²) in [6.07, 6.45) is 3.69. The monoisotopic (exact) mass is 464 g/mol.